The fraction of sp³-hybridized carbons (Fsp3) is 0.947. The molecule has 0 aromatic heterocycles. The third-order valence-electron chi connectivity index (χ3n) is 5.59. The molecule has 2 rings (SSSR count). The van der Waals surface area contributed by atoms with Crippen LogP contribution in [0.1, 0.15) is 58.8 Å². The first-order chi connectivity index (χ1) is 11.4. The average molecular weight is 341 g/mol. The Kier molecular flexibility index (Phi) is 7.51. The molecular weight excluding hydrogens is 304 g/mol. The van der Waals surface area contributed by atoms with Crippen LogP contribution in [-0.2, 0) is 9.53 Å². The quantitative estimate of drug-likeness (QED) is 0.711. The first kappa shape index (κ1) is 19.7. The van der Waals surface area contributed by atoms with Crippen molar-refractivity contribution in [3.05, 3.63) is 0 Å². The first-order valence-electron chi connectivity index (χ1n) is 9.65. The number of hydrogen-bond donors (Lipinski definition) is 2. The molecule has 1 aliphatic heterocycles. The maximum Gasteiger partial charge on any atom is 0.226 e. The van der Waals surface area contributed by atoms with Crippen molar-refractivity contribution in [1.29, 1.82) is 0 Å². The van der Waals surface area contributed by atoms with Gasteiger partial charge < -0.3 is 20.1 Å². The molecule has 0 radical (unpaired) electrons. The molecule has 5 nitrogen and oxygen atoms in total. The Morgan fingerprint density at radius 1 is 1.29 bits per heavy atom. The highest BCUT2D eigenvalue weighted by Gasteiger charge is 2.42. The predicted molar refractivity (Wildman–Crippen MR) is 95.8 cm³/mol. The number of hydrogen-bond acceptors (Lipinski definition) is 4. The van der Waals surface area contributed by atoms with Gasteiger partial charge in [0.05, 0.1) is 12.7 Å². The molecule has 140 valence electrons. The van der Waals surface area contributed by atoms with Gasteiger partial charge in [-0.1, -0.05) is 26.7 Å². The van der Waals surface area contributed by atoms with Gasteiger partial charge in [-0.3, -0.25) is 4.79 Å². The maximum absolute atomic E-state index is 12.9. The number of carbonyl (C=O) groups excluding carboxylic acids is 1. The van der Waals surface area contributed by atoms with E-state index in [9.17, 15) is 9.90 Å². The number of methoxy groups -OCH3 is 1. The highest BCUT2D eigenvalue weighted by molar-refractivity contribution is 5.83. The molecule has 2 N–H and O–H groups in total. The van der Waals surface area contributed by atoms with Crippen molar-refractivity contribution in [2.75, 3.05) is 33.4 Å². The number of aliphatic hydroxyl groups excluding tert-OH is 1. The fourth-order valence-electron chi connectivity index (χ4n) is 4.50. The highest BCUT2D eigenvalue weighted by Crippen LogP contribution is 2.43. The molecule has 5 heteroatoms. The van der Waals surface area contributed by atoms with Crippen molar-refractivity contribution in [2.45, 2.75) is 70.9 Å². The second-order valence-corrected chi connectivity index (χ2v) is 8.24. The molecule has 1 unspecified atom stereocenters. The van der Waals surface area contributed by atoms with Gasteiger partial charge in [-0.25, -0.2) is 0 Å². The Morgan fingerprint density at radius 2 is 1.92 bits per heavy atom. The summed E-state index contributed by atoms with van der Waals surface area (Å²) in [6, 6.07) is 0.290. The van der Waals surface area contributed by atoms with E-state index in [1.807, 2.05) is 0 Å². The van der Waals surface area contributed by atoms with Gasteiger partial charge in [0.15, 0.2) is 0 Å². The second-order valence-electron chi connectivity index (χ2n) is 8.24. The number of likely N-dealkylation sites (tertiary alicyclic amines) is 1. The van der Waals surface area contributed by atoms with Crippen molar-refractivity contribution in [3.8, 4) is 0 Å². The lowest BCUT2D eigenvalue weighted by molar-refractivity contribution is -0.133. The lowest BCUT2D eigenvalue weighted by Crippen LogP contribution is -2.50. The predicted octanol–water partition coefficient (Wildman–Crippen LogP) is 2.18. The molecule has 1 amide bonds. The largest absolute Gasteiger partial charge is 0.389 e. The van der Waals surface area contributed by atoms with Gasteiger partial charge in [0.25, 0.3) is 0 Å². The highest BCUT2D eigenvalue weighted by atomic mass is 16.5. The average Bonchev–Trinajstić information content (AvgIpc) is 2.98. The minimum absolute atomic E-state index is 0.111. The van der Waals surface area contributed by atoms with Crippen molar-refractivity contribution in [2.24, 2.45) is 11.3 Å². The smallest absolute Gasteiger partial charge is 0.226 e. The van der Waals surface area contributed by atoms with E-state index in [1.165, 1.54) is 12.8 Å². The van der Waals surface area contributed by atoms with Crippen molar-refractivity contribution in [1.82, 2.24) is 10.2 Å². The summed E-state index contributed by atoms with van der Waals surface area (Å²) in [5.74, 6) is 0.865. The summed E-state index contributed by atoms with van der Waals surface area (Å²) in [7, 11) is 1.61. The molecule has 1 heterocycles. The number of ether oxygens (including phenoxy) is 1. The second kappa shape index (κ2) is 9.16. The van der Waals surface area contributed by atoms with Crippen LogP contribution >= 0.6 is 0 Å². The number of nitrogens with one attached hydrogen (secondary N) is 1. The third-order valence-corrected chi connectivity index (χ3v) is 5.59. The summed E-state index contributed by atoms with van der Waals surface area (Å²) in [6.07, 6.45) is 7.03. The van der Waals surface area contributed by atoms with Crippen molar-refractivity contribution in [3.63, 3.8) is 0 Å². The summed E-state index contributed by atoms with van der Waals surface area (Å²) < 4.78 is 4.98. The number of aliphatic hydroxyl groups is 1. The summed E-state index contributed by atoms with van der Waals surface area (Å²) in [5, 5.41) is 13.2. The van der Waals surface area contributed by atoms with Crippen LogP contribution in [0.15, 0.2) is 0 Å². The molecule has 2 fully saturated rings. The molecule has 1 atom stereocenters. The molecule has 0 aromatic carbocycles. The molecule has 1 saturated carbocycles. The van der Waals surface area contributed by atoms with Crippen LogP contribution in [0.3, 0.4) is 0 Å². The Hall–Kier alpha value is -0.650. The van der Waals surface area contributed by atoms with Crippen LogP contribution in [0.4, 0.5) is 0 Å². The molecule has 0 bridgehead atoms. The summed E-state index contributed by atoms with van der Waals surface area (Å²) in [5.41, 5.74) is -0.111. The van der Waals surface area contributed by atoms with E-state index in [1.54, 1.807) is 7.11 Å². The van der Waals surface area contributed by atoms with Gasteiger partial charge >= 0.3 is 0 Å². The van der Waals surface area contributed by atoms with Crippen LogP contribution in [0.25, 0.3) is 0 Å². The number of amides is 1. The minimum Gasteiger partial charge on any atom is -0.389 e. The summed E-state index contributed by atoms with van der Waals surface area (Å²) in [4.78, 5) is 15.2. The zero-order chi connectivity index (χ0) is 17.6. The standard InChI is InChI=1S/C19H36N2O3/c1-15(2)12-19(8-4-5-9-19)18(23)20-16-6-10-21(11-7-16)13-17(22)14-24-3/h15-17,22H,4-14H2,1-3H3,(H,20,23). The monoisotopic (exact) mass is 340 g/mol. The molecular formula is C19H36N2O3. The van der Waals surface area contributed by atoms with Gasteiger partial charge in [-0.2, -0.15) is 0 Å². The van der Waals surface area contributed by atoms with Gasteiger partial charge in [0.2, 0.25) is 5.91 Å². The van der Waals surface area contributed by atoms with Gasteiger partial charge in [0.1, 0.15) is 0 Å². The van der Waals surface area contributed by atoms with Crippen LogP contribution in [0, 0.1) is 11.3 Å². The van der Waals surface area contributed by atoms with Crippen molar-refractivity contribution >= 4 is 5.91 Å². The zero-order valence-corrected chi connectivity index (χ0v) is 15.7. The molecule has 24 heavy (non-hydrogen) atoms. The Labute approximate surface area is 147 Å². The van der Waals surface area contributed by atoms with Crippen LogP contribution in [-0.4, -0.2) is 61.4 Å². The molecule has 0 aromatic rings. The van der Waals surface area contributed by atoms with Crippen LogP contribution < -0.4 is 5.32 Å². The lowest BCUT2D eigenvalue weighted by atomic mass is 9.77. The van der Waals surface area contributed by atoms with Crippen molar-refractivity contribution < 1.29 is 14.6 Å². The number of carbonyl (C=O) groups is 1. The molecule has 2 aliphatic rings. The van der Waals surface area contributed by atoms with Gasteiger partial charge in [0, 0.05) is 38.2 Å². The third kappa shape index (κ3) is 5.43. The first-order valence-corrected chi connectivity index (χ1v) is 9.65. The number of nitrogens with zero attached hydrogens (tertiary/aromatic N) is 1. The van der Waals surface area contributed by atoms with E-state index in [-0.39, 0.29) is 11.5 Å². The van der Waals surface area contributed by atoms with Crippen LogP contribution in [0.5, 0.6) is 0 Å². The minimum atomic E-state index is -0.422. The topological polar surface area (TPSA) is 61.8 Å². The van der Waals surface area contributed by atoms with Crippen LogP contribution in [0.2, 0.25) is 0 Å². The van der Waals surface area contributed by atoms with Gasteiger partial charge in [-0.15, -0.1) is 0 Å². The Balaban J connectivity index is 1.79. The lowest BCUT2D eigenvalue weighted by Gasteiger charge is -2.36. The normalized spacial score (nSPS) is 23.5. The van der Waals surface area contributed by atoms with E-state index in [0.29, 0.717) is 25.0 Å². The number of rotatable bonds is 8. The molecule has 1 saturated heterocycles. The summed E-state index contributed by atoms with van der Waals surface area (Å²) in [6.45, 7) is 7.35. The zero-order valence-electron chi connectivity index (χ0n) is 15.7. The molecule has 0 spiro atoms. The number of piperidine rings is 1. The Morgan fingerprint density at radius 3 is 2.46 bits per heavy atom. The van der Waals surface area contributed by atoms with E-state index in [2.05, 4.69) is 24.1 Å². The maximum atomic E-state index is 12.9. The van der Waals surface area contributed by atoms with E-state index >= 15 is 0 Å². The van der Waals surface area contributed by atoms with Gasteiger partial charge in [-0.05, 0) is 38.0 Å². The fourth-order valence-corrected chi connectivity index (χ4v) is 4.50. The SMILES string of the molecule is COCC(O)CN1CCC(NC(=O)C2(CC(C)C)CCCC2)CC1. The van der Waals surface area contributed by atoms with E-state index < -0.39 is 6.10 Å². The van der Waals surface area contributed by atoms with E-state index in [4.69, 9.17) is 4.74 Å². The summed E-state index contributed by atoms with van der Waals surface area (Å²) >= 11 is 0. The molecule has 1 aliphatic carbocycles. The van der Waals surface area contributed by atoms with E-state index in [0.717, 1.165) is 45.2 Å². The number of β-amino-alcohol motifs (C(OH)–C–C–N with tert-alkyl or cyclic N) is 1. The Bertz CT molecular complexity index is 386.